The van der Waals surface area contributed by atoms with Gasteiger partial charge in [-0.25, -0.2) is 0 Å². The molecule has 5 heteroatoms. The van der Waals surface area contributed by atoms with E-state index in [2.05, 4.69) is 15.9 Å². The molecule has 19 heavy (non-hydrogen) atoms. The van der Waals surface area contributed by atoms with Crippen molar-refractivity contribution in [3.05, 3.63) is 50.8 Å². The first-order chi connectivity index (χ1) is 9.28. The first-order valence-electron chi connectivity index (χ1n) is 5.56. The molecule has 0 atom stereocenters. The Morgan fingerprint density at radius 1 is 1.26 bits per heavy atom. The van der Waals surface area contributed by atoms with Gasteiger partial charge in [0.1, 0.15) is 18.3 Å². The molecule has 0 fully saturated rings. The lowest BCUT2D eigenvalue weighted by Crippen LogP contribution is -1.93. The summed E-state index contributed by atoms with van der Waals surface area (Å²) in [6.07, 6.45) is 0. The molecular formula is C14H8BrNO2S. The van der Waals surface area contributed by atoms with Gasteiger partial charge in [-0.15, -0.1) is 11.3 Å². The molecule has 0 radical (unpaired) electrons. The Labute approximate surface area is 122 Å². The van der Waals surface area contributed by atoms with Crippen molar-refractivity contribution in [2.24, 2.45) is 0 Å². The van der Waals surface area contributed by atoms with Crippen LogP contribution in [0.15, 0.2) is 44.6 Å². The highest BCUT2D eigenvalue weighted by Crippen LogP contribution is 2.33. The van der Waals surface area contributed by atoms with Crippen molar-refractivity contribution < 1.29 is 9.15 Å². The third kappa shape index (κ3) is 2.37. The number of hydrogen-bond acceptors (Lipinski definition) is 4. The van der Waals surface area contributed by atoms with E-state index in [0.717, 1.165) is 14.0 Å². The van der Waals surface area contributed by atoms with Crippen LogP contribution in [0.4, 0.5) is 0 Å². The average molecular weight is 334 g/mol. The third-order valence-corrected chi connectivity index (χ3v) is 4.24. The number of hydrogen-bond donors (Lipinski definition) is 0. The molecular weight excluding hydrogens is 326 g/mol. The predicted molar refractivity (Wildman–Crippen MR) is 77.3 cm³/mol. The minimum Gasteiger partial charge on any atom is -0.483 e. The Kier molecular flexibility index (Phi) is 3.28. The van der Waals surface area contributed by atoms with Crippen LogP contribution >= 0.6 is 27.3 Å². The number of nitrogens with zero attached hydrogens (tertiary/aromatic N) is 1. The maximum Gasteiger partial charge on any atom is 0.246 e. The van der Waals surface area contributed by atoms with Crippen LogP contribution in [0, 0.1) is 11.3 Å². The summed E-state index contributed by atoms with van der Waals surface area (Å²) in [7, 11) is 0. The van der Waals surface area contributed by atoms with Gasteiger partial charge in [0.2, 0.25) is 5.76 Å². The zero-order valence-electron chi connectivity index (χ0n) is 9.72. The quantitative estimate of drug-likeness (QED) is 0.697. The second-order valence-electron chi connectivity index (χ2n) is 3.86. The Bertz CT molecular complexity index is 769. The number of halogens is 1. The van der Waals surface area contributed by atoms with E-state index in [9.17, 15) is 0 Å². The van der Waals surface area contributed by atoms with E-state index in [1.54, 1.807) is 11.3 Å². The number of fused-ring (bicyclic) bond motifs is 1. The number of thiophene rings is 1. The zero-order chi connectivity index (χ0) is 13.2. The van der Waals surface area contributed by atoms with Crippen LogP contribution in [0.5, 0.6) is 5.75 Å². The van der Waals surface area contributed by atoms with E-state index in [-0.39, 0.29) is 5.76 Å². The van der Waals surface area contributed by atoms with Crippen LogP contribution in [-0.2, 0) is 6.61 Å². The molecule has 0 N–H and O–H groups in total. The molecule has 0 spiro atoms. The maximum absolute atomic E-state index is 9.09. The second kappa shape index (κ2) is 5.08. The van der Waals surface area contributed by atoms with E-state index in [1.165, 1.54) is 0 Å². The summed E-state index contributed by atoms with van der Waals surface area (Å²) in [5.74, 6) is 0.736. The molecule has 2 heterocycles. The molecule has 1 aromatic carbocycles. The summed E-state index contributed by atoms with van der Waals surface area (Å²) >= 11 is 5.02. The van der Waals surface area contributed by atoms with Crippen LogP contribution in [0.2, 0.25) is 0 Å². The molecule has 2 aromatic heterocycles. The van der Waals surface area contributed by atoms with Crippen molar-refractivity contribution in [1.29, 1.82) is 5.26 Å². The predicted octanol–water partition coefficient (Wildman–Crippen LogP) is 4.71. The summed E-state index contributed by atoms with van der Waals surface area (Å²) in [4.78, 5) is 1.08. The number of nitriles is 1. The lowest BCUT2D eigenvalue weighted by atomic mass is 10.2. The summed E-state index contributed by atoms with van der Waals surface area (Å²) in [5.41, 5.74) is 0.668. The minimum atomic E-state index is 0.219. The normalized spacial score (nSPS) is 10.5. The number of benzene rings is 1. The van der Waals surface area contributed by atoms with Gasteiger partial charge >= 0.3 is 0 Å². The molecule has 0 saturated heterocycles. The van der Waals surface area contributed by atoms with E-state index in [0.29, 0.717) is 17.9 Å². The number of ether oxygens (including phenoxy) is 1. The van der Waals surface area contributed by atoms with Gasteiger partial charge in [0.05, 0.1) is 9.17 Å². The first kappa shape index (κ1) is 12.3. The summed E-state index contributed by atoms with van der Waals surface area (Å²) in [6, 6.07) is 13.5. The molecule has 3 rings (SSSR count). The average Bonchev–Trinajstić information content (AvgIpc) is 2.99. The van der Waals surface area contributed by atoms with E-state index in [1.807, 2.05) is 42.5 Å². The summed E-state index contributed by atoms with van der Waals surface area (Å²) in [5, 5.41) is 9.92. The fraction of sp³-hybridized carbons (Fsp3) is 0.0714. The van der Waals surface area contributed by atoms with Gasteiger partial charge < -0.3 is 9.15 Å². The second-order valence-corrected chi connectivity index (χ2v) is 6.41. The molecule has 94 valence electrons. The van der Waals surface area contributed by atoms with Crippen molar-refractivity contribution in [3.63, 3.8) is 0 Å². The molecule has 0 aliphatic heterocycles. The van der Waals surface area contributed by atoms with Crippen LogP contribution in [0.3, 0.4) is 0 Å². The smallest absolute Gasteiger partial charge is 0.246 e. The Balaban J connectivity index is 1.93. The van der Waals surface area contributed by atoms with Gasteiger partial charge in [-0.05, 0) is 40.2 Å². The molecule has 0 unspecified atom stereocenters. The monoisotopic (exact) mass is 333 g/mol. The lowest BCUT2D eigenvalue weighted by molar-refractivity contribution is 0.307. The van der Waals surface area contributed by atoms with E-state index >= 15 is 0 Å². The van der Waals surface area contributed by atoms with Crippen molar-refractivity contribution in [3.8, 4) is 11.8 Å². The standard InChI is InChI=1S/C14H8BrNO2S/c15-13-6-5-9(19-13)8-17-14-10-3-1-2-4-11(10)18-12(14)7-16/h1-6H,8H2. The molecule has 3 nitrogen and oxygen atoms in total. The number of furan rings is 1. The van der Waals surface area contributed by atoms with E-state index in [4.69, 9.17) is 14.4 Å². The minimum absolute atomic E-state index is 0.219. The highest BCUT2D eigenvalue weighted by Gasteiger charge is 2.15. The van der Waals surface area contributed by atoms with Crippen molar-refractivity contribution in [2.45, 2.75) is 6.61 Å². The van der Waals surface area contributed by atoms with Crippen LogP contribution < -0.4 is 4.74 Å². The SMILES string of the molecule is N#Cc1oc2ccccc2c1OCc1ccc(Br)s1. The van der Waals surface area contributed by atoms with Crippen LogP contribution in [0.1, 0.15) is 10.6 Å². The van der Waals surface area contributed by atoms with Gasteiger partial charge in [-0.3, -0.25) is 0 Å². The molecule has 0 bridgehead atoms. The summed E-state index contributed by atoms with van der Waals surface area (Å²) in [6.45, 7) is 0.425. The maximum atomic E-state index is 9.09. The van der Waals surface area contributed by atoms with Crippen molar-refractivity contribution in [2.75, 3.05) is 0 Å². The topological polar surface area (TPSA) is 46.2 Å². The van der Waals surface area contributed by atoms with Gasteiger partial charge in [0.25, 0.3) is 0 Å². The van der Waals surface area contributed by atoms with Gasteiger partial charge in [-0.1, -0.05) is 12.1 Å². The number of rotatable bonds is 3. The highest BCUT2D eigenvalue weighted by molar-refractivity contribution is 9.11. The fourth-order valence-electron chi connectivity index (χ4n) is 1.81. The Morgan fingerprint density at radius 2 is 2.11 bits per heavy atom. The molecule has 0 aliphatic carbocycles. The molecule has 0 aliphatic rings. The van der Waals surface area contributed by atoms with Gasteiger partial charge in [0.15, 0.2) is 5.75 Å². The largest absolute Gasteiger partial charge is 0.483 e. The summed E-state index contributed by atoms with van der Waals surface area (Å²) < 4.78 is 12.3. The number of para-hydroxylation sites is 1. The Hall–Kier alpha value is -1.77. The lowest BCUT2D eigenvalue weighted by Gasteiger charge is -2.02. The Morgan fingerprint density at radius 3 is 2.84 bits per heavy atom. The molecule has 3 aromatic rings. The van der Waals surface area contributed by atoms with Gasteiger partial charge in [-0.2, -0.15) is 5.26 Å². The van der Waals surface area contributed by atoms with Crippen LogP contribution in [-0.4, -0.2) is 0 Å². The zero-order valence-corrected chi connectivity index (χ0v) is 12.1. The van der Waals surface area contributed by atoms with E-state index < -0.39 is 0 Å². The van der Waals surface area contributed by atoms with Crippen LogP contribution in [0.25, 0.3) is 11.0 Å². The third-order valence-electron chi connectivity index (χ3n) is 2.64. The fourth-order valence-corrected chi connectivity index (χ4v) is 3.21. The van der Waals surface area contributed by atoms with Gasteiger partial charge in [0, 0.05) is 4.88 Å². The molecule has 0 amide bonds. The van der Waals surface area contributed by atoms with Crippen molar-refractivity contribution >= 4 is 38.2 Å². The molecule has 0 saturated carbocycles. The highest BCUT2D eigenvalue weighted by atomic mass is 79.9. The van der Waals surface area contributed by atoms with Crippen molar-refractivity contribution in [1.82, 2.24) is 0 Å². The first-order valence-corrected chi connectivity index (χ1v) is 7.17.